The van der Waals surface area contributed by atoms with Crippen molar-refractivity contribution in [2.75, 3.05) is 0 Å². The average molecular weight is 680 g/mol. The molecule has 53 heavy (non-hydrogen) atoms. The van der Waals surface area contributed by atoms with Crippen LogP contribution in [-0.2, 0) is 5.41 Å². The van der Waals surface area contributed by atoms with Crippen LogP contribution in [0.3, 0.4) is 0 Å². The molecule has 0 N–H and O–H groups in total. The van der Waals surface area contributed by atoms with Crippen molar-refractivity contribution in [1.82, 2.24) is 14.5 Å². The second-order valence-corrected chi connectivity index (χ2v) is 14.6. The third kappa shape index (κ3) is 4.36. The van der Waals surface area contributed by atoms with Crippen LogP contribution >= 0.6 is 0 Å². The van der Waals surface area contributed by atoms with E-state index in [2.05, 4.69) is 146 Å². The molecule has 4 heteroatoms. The van der Waals surface area contributed by atoms with E-state index >= 15 is 0 Å². The molecule has 0 atom stereocenters. The predicted molar refractivity (Wildman–Crippen MR) is 218 cm³/mol. The smallest absolute Gasteiger partial charge is 0.160 e. The Morgan fingerprint density at radius 3 is 1.92 bits per heavy atom. The van der Waals surface area contributed by atoms with Gasteiger partial charge in [-0.2, -0.15) is 0 Å². The van der Waals surface area contributed by atoms with Crippen LogP contribution in [0.4, 0.5) is 0 Å². The molecular weight excluding hydrogens is 647 g/mol. The fourth-order valence-electron chi connectivity index (χ4n) is 8.66. The first-order valence-corrected chi connectivity index (χ1v) is 18.2. The molecular formula is C49H33N3O. The molecule has 3 heterocycles. The Bertz CT molecular complexity index is 3020. The van der Waals surface area contributed by atoms with Crippen LogP contribution in [0.25, 0.3) is 94.5 Å². The molecule has 0 spiro atoms. The monoisotopic (exact) mass is 679 g/mol. The average Bonchev–Trinajstić information content (AvgIpc) is 3.83. The van der Waals surface area contributed by atoms with Crippen LogP contribution < -0.4 is 0 Å². The van der Waals surface area contributed by atoms with Gasteiger partial charge in [0.15, 0.2) is 11.4 Å². The van der Waals surface area contributed by atoms with Crippen molar-refractivity contribution in [2.45, 2.75) is 19.3 Å². The molecule has 250 valence electrons. The van der Waals surface area contributed by atoms with Crippen molar-refractivity contribution in [1.29, 1.82) is 0 Å². The number of para-hydroxylation sites is 3. The Labute approximate surface area is 306 Å². The minimum absolute atomic E-state index is 0.115. The zero-order valence-electron chi connectivity index (χ0n) is 29.3. The summed E-state index contributed by atoms with van der Waals surface area (Å²) in [5.74, 6) is 0.679. The largest absolute Gasteiger partial charge is 0.453 e. The van der Waals surface area contributed by atoms with Crippen molar-refractivity contribution in [3.8, 4) is 50.7 Å². The van der Waals surface area contributed by atoms with E-state index < -0.39 is 0 Å². The van der Waals surface area contributed by atoms with Gasteiger partial charge in [0, 0.05) is 43.7 Å². The van der Waals surface area contributed by atoms with Gasteiger partial charge in [0.2, 0.25) is 0 Å². The second-order valence-electron chi connectivity index (χ2n) is 14.6. The number of fused-ring (bicyclic) bond motifs is 9. The highest BCUT2D eigenvalue weighted by Crippen LogP contribution is 2.51. The van der Waals surface area contributed by atoms with Gasteiger partial charge in [-0.15, -0.1) is 0 Å². The highest BCUT2D eigenvalue weighted by atomic mass is 16.3. The van der Waals surface area contributed by atoms with Gasteiger partial charge in [0.25, 0.3) is 0 Å². The number of rotatable bonds is 4. The van der Waals surface area contributed by atoms with Crippen LogP contribution in [0.1, 0.15) is 25.0 Å². The number of hydrogen-bond donors (Lipinski definition) is 0. The fourth-order valence-corrected chi connectivity index (χ4v) is 8.66. The van der Waals surface area contributed by atoms with Crippen molar-refractivity contribution >= 4 is 43.7 Å². The van der Waals surface area contributed by atoms with E-state index in [1.54, 1.807) is 0 Å². The summed E-state index contributed by atoms with van der Waals surface area (Å²) in [6.45, 7) is 4.69. The predicted octanol–water partition coefficient (Wildman–Crippen LogP) is 12.8. The van der Waals surface area contributed by atoms with Gasteiger partial charge in [0.1, 0.15) is 5.58 Å². The Hall–Kier alpha value is -6.78. The molecule has 4 nitrogen and oxygen atoms in total. The summed E-state index contributed by atoms with van der Waals surface area (Å²) < 4.78 is 9.49. The summed E-state index contributed by atoms with van der Waals surface area (Å²) >= 11 is 0. The molecule has 3 aromatic heterocycles. The Kier molecular flexibility index (Phi) is 6.27. The normalized spacial score (nSPS) is 13.2. The van der Waals surface area contributed by atoms with Gasteiger partial charge in [-0.3, -0.25) is 0 Å². The molecule has 0 fully saturated rings. The Morgan fingerprint density at radius 2 is 1.09 bits per heavy atom. The molecule has 11 rings (SSSR count). The topological polar surface area (TPSA) is 43.9 Å². The molecule has 0 amide bonds. The summed E-state index contributed by atoms with van der Waals surface area (Å²) in [4.78, 5) is 10.2. The Morgan fingerprint density at radius 1 is 0.453 bits per heavy atom. The standard InChI is InChI=1S/C49H33N3O/c1-49(2)39-24-11-9-19-32(39)37-27-38-33-20-10-12-25-43(33)52(45(38)28-40(37)49)44-26-14-22-35-34-21-13-23-36(46(34)53-47(35)44)42-29-41(30-15-5-3-6-16-30)50-48(51-42)31-17-7-4-8-18-31/h3-29H,1-2H3. The molecule has 1 aliphatic rings. The van der Waals surface area contributed by atoms with Crippen LogP contribution in [0.2, 0.25) is 0 Å². The molecule has 0 radical (unpaired) electrons. The molecule has 1 aliphatic carbocycles. The molecule has 0 bridgehead atoms. The van der Waals surface area contributed by atoms with Gasteiger partial charge in [-0.05, 0) is 58.7 Å². The summed E-state index contributed by atoms with van der Waals surface area (Å²) in [5, 5.41) is 4.59. The maximum absolute atomic E-state index is 7.08. The van der Waals surface area contributed by atoms with Crippen molar-refractivity contribution in [3.63, 3.8) is 0 Å². The van der Waals surface area contributed by atoms with Gasteiger partial charge in [0.05, 0.1) is 28.1 Å². The van der Waals surface area contributed by atoms with Crippen LogP contribution in [0.15, 0.2) is 168 Å². The summed E-state index contributed by atoms with van der Waals surface area (Å²) in [5.41, 5.74) is 14.9. The Balaban J connectivity index is 1.17. The van der Waals surface area contributed by atoms with Gasteiger partial charge in [-0.1, -0.05) is 141 Å². The number of furan rings is 1. The van der Waals surface area contributed by atoms with E-state index in [0.29, 0.717) is 5.82 Å². The van der Waals surface area contributed by atoms with Crippen LogP contribution in [0, 0.1) is 0 Å². The van der Waals surface area contributed by atoms with Gasteiger partial charge in [-0.25, -0.2) is 9.97 Å². The molecule has 0 saturated carbocycles. The van der Waals surface area contributed by atoms with Gasteiger partial charge < -0.3 is 8.98 Å². The first-order valence-electron chi connectivity index (χ1n) is 18.2. The number of benzene rings is 7. The van der Waals surface area contributed by atoms with E-state index in [0.717, 1.165) is 61.2 Å². The van der Waals surface area contributed by atoms with Crippen molar-refractivity contribution in [3.05, 3.63) is 175 Å². The number of nitrogens with zero attached hydrogens (tertiary/aromatic N) is 3. The van der Waals surface area contributed by atoms with E-state index in [-0.39, 0.29) is 5.41 Å². The maximum Gasteiger partial charge on any atom is 0.160 e. The number of aromatic nitrogens is 3. The summed E-state index contributed by atoms with van der Waals surface area (Å²) in [6, 6.07) is 57.9. The van der Waals surface area contributed by atoms with E-state index in [1.807, 2.05) is 36.4 Å². The quantitative estimate of drug-likeness (QED) is 0.186. The second kappa shape index (κ2) is 11.1. The summed E-state index contributed by atoms with van der Waals surface area (Å²) in [6.07, 6.45) is 0. The molecule has 7 aromatic carbocycles. The lowest BCUT2D eigenvalue weighted by molar-refractivity contribution is 0.660. The lowest BCUT2D eigenvalue weighted by atomic mass is 9.82. The SMILES string of the molecule is CC1(C)c2ccccc2-c2cc3c4ccccc4n(-c4cccc5c4oc4c(-c6cc(-c7ccccc7)nc(-c7ccccc7)n6)cccc45)c3cc21. The van der Waals surface area contributed by atoms with Crippen molar-refractivity contribution < 1.29 is 4.42 Å². The van der Waals surface area contributed by atoms with E-state index in [9.17, 15) is 0 Å². The third-order valence-electron chi connectivity index (χ3n) is 11.2. The lowest BCUT2D eigenvalue weighted by Crippen LogP contribution is -2.14. The molecule has 0 aliphatic heterocycles. The third-order valence-corrected chi connectivity index (χ3v) is 11.2. The lowest BCUT2D eigenvalue weighted by Gasteiger charge is -2.21. The van der Waals surface area contributed by atoms with E-state index in [1.165, 1.54) is 38.5 Å². The first-order chi connectivity index (χ1) is 26.0. The van der Waals surface area contributed by atoms with Gasteiger partial charge >= 0.3 is 0 Å². The maximum atomic E-state index is 7.08. The van der Waals surface area contributed by atoms with Crippen LogP contribution in [-0.4, -0.2) is 14.5 Å². The molecule has 10 aromatic rings. The minimum atomic E-state index is -0.115. The fraction of sp³-hybridized carbons (Fsp3) is 0.0612. The minimum Gasteiger partial charge on any atom is -0.453 e. The highest BCUT2D eigenvalue weighted by molar-refractivity contribution is 6.15. The van der Waals surface area contributed by atoms with Crippen LogP contribution in [0.5, 0.6) is 0 Å². The summed E-state index contributed by atoms with van der Waals surface area (Å²) in [7, 11) is 0. The number of hydrogen-bond acceptors (Lipinski definition) is 3. The highest BCUT2D eigenvalue weighted by Gasteiger charge is 2.36. The van der Waals surface area contributed by atoms with Crippen molar-refractivity contribution in [2.24, 2.45) is 0 Å². The first kappa shape index (κ1) is 29.9. The zero-order chi connectivity index (χ0) is 35.3. The molecule has 0 saturated heterocycles. The zero-order valence-corrected chi connectivity index (χ0v) is 29.3. The molecule has 0 unspecified atom stereocenters. The van der Waals surface area contributed by atoms with E-state index in [4.69, 9.17) is 14.4 Å².